The number of nitrogens with one attached hydrogen (secondary N) is 2. The Bertz CT molecular complexity index is 760. The summed E-state index contributed by atoms with van der Waals surface area (Å²) in [7, 11) is 1.61. The number of benzene rings is 1. The quantitative estimate of drug-likeness (QED) is 0.610. The van der Waals surface area contributed by atoms with E-state index in [1.165, 1.54) is 6.07 Å². The third kappa shape index (κ3) is 5.72. The molecule has 0 unspecified atom stereocenters. The van der Waals surface area contributed by atoms with Crippen molar-refractivity contribution in [2.24, 2.45) is 4.99 Å². The van der Waals surface area contributed by atoms with Crippen LogP contribution in [0, 0.1) is 0 Å². The summed E-state index contributed by atoms with van der Waals surface area (Å²) in [5, 5.41) is 9.20. The second-order valence-corrected chi connectivity index (χ2v) is 7.73. The minimum atomic E-state index is -4.34. The molecule has 0 amide bonds. The number of hydrogen-bond donors (Lipinski definition) is 2. The van der Waals surface area contributed by atoms with Gasteiger partial charge in [-0.2, -0.15) is 13.2 Å². The highest BCUT2D eigenvalue weighted by molar-refractivity contribution is 7.09. The van der Waals surface area contributed by atoms with Crippen molar-refractivity contribution in [1.29, 1.82) is 0 Å². The van der Waals surface area contributed by atoms with Gasteiger partial charge in [-0.15, -0.1) is 11.3 Å². The normalized spacial score (nSPS) is 13.0. The van der Waals surface area contributed by atoms with Crippen molar-refractivity contribution in [3.63, 3.8) is 0 Å². The lowest BCUT2D eigenvalue weighted by molar-refractivity contribution is -0.137. The Morgan fingerprint density at radius 2 is 1.85 bits per heavy atom. The number of nitrogens with zero attached hydrogens (tertiary/aromatic N) is 2. The van der Waals surface area contributed by atoms with Crippen molar-refractivity contribution in [3.05, 3.63) is 51.5 Å². The topological polar surface area (TPSA) is 49.3 Å². The van der Waals surface area contributed by atoms with Gasteiger partial charge < -0.3 is 10.6 Å². The smallest absolute Gasteiger partial charge is 0.352 e. The molecule has 0 saturated carbocycles. The Kier molecular flexibility index (Phi) is 6.28. The van der Waals surface area contributed by atoms with Gasteiger partial charge in [0.25, 0.3) is 0 Å². The third-order valence-corrected chi connectivity index (χ3v) is 4.89. The molecule has 4 nitrogen and oxygen atoms in total. The number of aliphatic imine (C=N–C) groups is 1. The highest BCUT2D eigenvalue weighted by Crippen LogP contribution is 2.29. The van der Waals surface area contributed by atoms with E-state index in [9.17, 15) is 13.2 Å². The number of aromatic nitrogens is 1. The Morgan fingerprint density at radius 3 is 2.42 bits per heavy atom. The first-order chi connectivity index (χ1) is 12.1. The summed E-state index contributed by atoms with van der Waals surface area (Å²) in [5.74, 6) is 0.507. The van der Waals surface area contributed by atoms with Gasteiger partial charge in [-0.3, -0.25) is 4.99 Å². The zero-order chi connectivity index (χ0) is 19.4. The Morgan fingerprint density at radius 1 is 1.15 bits per heavy atom. The summed E-state index contributed by atoms with van der Waals surface area (Å²) < 4.78 is 38.3. The molecular formula is C18H23F3N4S. The lowest BCUT2D eigenvalue weighted by Crippen LogP contribution is -2.36. The minimum absolute atomic E-state index is 0.00629. The molecule has 0 atom stereocenters. The Hall–Kier alpha value is -2.09. The molecule has 0 aliphatic carbocycles. The fourth-order valence-electron chi connectivity index (χ4n) is 2.17. The zero-order valence-corrected chi connectivity index (χ0v) is 16.1. The van der Waals surface area contributed by atoms with Gasteiger partial charge in [0.1, 0.15) is 0 Å². The van der Waals surface area contributed by atoms with Crippen LogP contribution in [0.2, 0.25) is 0 Å². The van der Waals surface area contributed by atoms with Crippen LogP contribution in [-0.4, -0.2) is 18.0 Å². The van der Waals surface area contributed by atoms with Crippen LogP contribution in [0.25, 0.3) is 0 Å². The van der Waals surface area contributed by atoms with E-state index < -0.39 is 11.7 Å². The van der Waals surface area contributed by atoms with E-state index in [0.29, 0.717) is 18.1 Å². The van der Waals surface area contributed by atoms with Gasteiger partial charge in [0, 0.05) is 24.4 Å². The number of rotatable bonds is 4. The fourth-order valence-corrected chi connectivity index (χ4v) is 3.08. The number of alkyl halides is 3. The van der Waals surface area contributed by atoms with Gasteiger partial charge in [-0.25, -0.2) is 4.98 Å². The van der Waals surface area contributed by atoms with Crippen molar-refractivity contribution >= 4 is 17.3 Å². The van der Waals surface area contributed by atoms with Gasteiger partial charge in [0.05, 0.1) is 22.8 Å². The van der Waals surface area contributed by atoms with Crippen LogP contribution in [0.1, 0.15) is 42.6 Å². The van der Waals surface area contributed by atoms with E-state index in [1.807, 2.05) is 5.38 Å². The molecule has 0 bridgehead atoms. The largest absolute Gasteiger partial charge is 0.416 e. The second kappa shape index (κ2) is 8.07. The maximum atomic E-state index is 12.8. The van der Waals surface area contributed by atoms with E-state index >= 15 is 0 Å². The van der Waals surface area contributed by atoms with Gasteiger partial charge in [0.2, 0.25) is 0 Å². The Balaban J connectivity index is 1.91. The van der Waals surface area contributed by atoms with Crippen LogP contribution < -0.4 is 10.6 Å². The molecule has 0 saturated heterocycles. The highest BCUT2D eigenvalue weighted by atomic mass is 32.1. The van der Waals surface area contributed by atoms with Crippen LogP contribution in [-0.2, 0) is 24.7 Å². The number of thiazole rings is 1. The van der Waals surface area contributed by atoms with Crippen molar-refractivity contribution in [3.8, 4) is 0 Å². The molecule has 2 rings (SSSR count). The van der Waals surface area contributed by atoms with Gasteiger partial charge in [-0.1, -0.05) is 32.9 Å². The SMILES string of the molecule is CN=C(NCc1cccc(C(F)(F)F)c1)NCc1csc(C(C)(C)C)n1. The molecular weight excluding hydrogens is 361 g/mol. The maximum absolute atomic E-state index is 12.8. The average molecular weight is 384 g/mol. The van der Waals surface area contributed by atoms with Crippen molar-refractivity contribution in [2.75, 3.05) is 7.05 Å². The molecule has 142 valence electrons. The lowest BCUT2D eigenvalue weighted by atomic mass is 9.98. The Labute approximate surface area is 155 Å². The molecule has 8 heteroatoms. The number of hydrogen-bond acceptors (Lipinski definition) is 3. The predicted octanol–water partition coefficient (Wildman–Crippen LogP) is 4.32. The molecule has 1 aromatic heterocycles. The zero-order valence-electron chi connectivity index (χ0n) is 15.2. The first kappa shape index (κ1) is 20.2. The van der Waals surface area contributed by atoms with E-state index in [0.717, 1.165) is 22.8 Å². The van der Waals surface area contributed by atoms with Gasteiger partial charge in [-0.05, 0) is 17.7 Å². The van der Waals surface area contributed by atoms with E-state index in [4.69, 9.17) is 0 Å². The highest BCUT2D eigenvalue weighted by Gasteiger charge is 2.30. The van der Waals surface area contributed by atoms with Crippen LogP contribution >= 0.6 is 11.3 Å². The summed E-state index contributed by atoms with van der Waals surface area (Å²) in [6, 6.07) is 5.24. The van der Waals surface area contributed by atoms with Gasteiger partial charge in [0.15, 0.2) is 5.96 Å². The maximum Gasteiger partial charge on any atom is 0.416 e. The molecule has 0 spiro atoms. The molecule has 0 fully saturated rings. The molecule has 2 aromatic rings. The minimum Gasteiger partial charge on any atom is -0.352 e. The van der Waals surface area contributed by atoms with Crippen molar-refractivity contribution in [1.82, 2.24) is 15.6 Å². The first-order valence-electron chi connectivity index (χ1n) is 8.15. The van der Waals surface area contributed by atoms with Crippen LogP contribution in [0.5, 0.6) is 0 Å². The fraction of sp³-hybridized carbons (Fsp3) is 0.444. The third-order valence-electron chi connectivity index (χ3n) is 3.57. The van der Waals surface area contributed by atoms with Crippen LogP contribution in [0.15, 0.2) is 34.6 Å². The summed E-state index contributed by atoms with van der Waals surface area (Å²) in [6.45, 7) is 7.07. The second-order valence-electron chi connectivity index (χ2n) is 6.87. The molecule has 1 aromatic carbocycles. The van der Waals surface area contributed by atoms with Crippen LogP contribution in [0.4, 0.5) is 13.2 Å². The van der Waals surface area contributed by atoms with E-state index in [1.54, 1.807) is 24.5 Å². The predicted molar refractivity (Wildman–Crippen MR) is 99.3 cm³/mol. The van der Waals surface area contributed by atoms with Crippen molar-refractivity contribution in [2.45, 2.75) is 45.5 Å². The standard InChI is InChI=1S/C18H23F3N4S/c1-17(2,3)15-25-14(11-26-15)10-24-16(22-4)23-9-12-6-5-7-13(8-12)18(19,20)21/h5-8,11H,9-10H2,1-4H3,(H2,22,23,24). The summed E-state index contributed by atoms with van der Waals surface area (Å²) in [5.41, 5.74) is 0.789. The van der Waals surface area contributed by atoms with E-state index in [2.05, 4.69) is 41.4 Å². The van der Waals surface area contributed by atoms with Crippen LogP contribution in [0.3, 0.4) is 0 Å². The summed E-state index contributed by atoms with van der Waals surface area (Å²) in [6.07, 6.45) is -4.34. The molecule has 1 heterocycles. The molecule has 0 aliphatic heterocycles. The van der Waals surface area contributed by atoms with E-state index in [-0.39, 0.29) is 12.0 Å². The van der Waals surface area contributed by atoms with Gasteiger partial charge >= 0.3 is 6.18 Å². The molecule has 0 radical (unpaired) electrons. The monoisotopic (exact) mass is 384 g/mol. The average Bonchev–Trinajstić information content (AvgIpc) is 3.04. The number of guanidine groups is 1. The molecule has 0 aliphatic rings. The lowest BCUT2D eigenvalue weighted by Gasteiger charge is -2.14. The summed E-state index contributed by atoms with van der Waals surface area (Å²) in [4.78, 5) is 8.69. The molecule has 2 N–H and O–H groups in total. The molecule has 26 heavy (non-hydrogen) atoms. The van der Waals surface area contributed by atoms with Crippen molar-refractivity contribution < 1.29 is 13.2 Å². The summed E-state index contributed by atoms with van der Waals surface area (Å²) >= 11 is 1.61. The number of halogens is 3. The first-order valence-corrected chi connectivity index (χ1v) is 9.03.